The van der Waals surface area contributed by atoms with E-state index in [4.69, 9.17) is 15.2 Å². The van der Waals surface area contributed by atoms with Gasteiger partial charge in [-0.25, -0.2) is 9.18 Å². The molecule has 1 unspecified atom stereocenters. The summed E-state index contributed by atoms with van der Waals surface area (Å²) in [5.74, 6) is -0.0926. The number of likely N-dealkylation sites (tertiary alicyclic amines) is 1. The molecule has 2 aliphatic rings. The van der Waals surface area contributed by atoms with Gasteiger partial charge in [0.1, 0.15) is 11.4 Å². The summed E-state index contributed by atoms with van der Waals surface area (Å²) < 4.78 is 25.9. The van der Waals surface area contributed by atoms with E-state index in [1.54, 1.807) is 11.0 Å². The van der Waals surface area contributed by atoms with Crippen molar-refractivity contribution >= 4 is 17.5 Å². The van der Waals surface area contributed by atoms with Gasteiger partial charge in [-0.15, -0.1) is 0 Å². The summed E-state index contributed by atoms with van der Waals surface area (Å²) >= 11 is 0. The number of benzene rings is 1. The number of hydrogen-bond acceptors (Lipinski definition) is 5. The minimum Gasteiger partial charge on any atom is -0.444 e. The lowest BCUT2D eigenvalue weighted by Crippen LogP contribution is -2.44. The van der Waals surface area contributed by atoms with Crippen molar-refractivity contribution in [3.8, 4) is 0 Å². The zero-order valence-electron chi connectivity index (χ0n) is 17.3. The van der Waals surface area contributed by atoms with Gasteiger partial charge in [-0.3, -0.25) is 0 Å². The van der Waals surface area contributed by atoms with E-state index in [2.05, 4.69) is 0 Å². The number of carbonyl (C=O) groups is 1. The zero-order chi connectivity index (χ0) is 20.5. The smallest absolute Gasteiger partial charge is 0.410 e. The quantitative estimate of drug-likeness (QED) is 0.775. The summed E-state index contributed by atoms with van der Waals surface area (Å²) in [5.41, 5.74) is 7.61. The molecule has 1 aromatic rings. The highest BCUT2D eigenvalue weighted by Crippen LogP contribution is 2.36. The standard InChI is InChI=1S/C21H32FN3O3/c1-14-13-27-10-9-25(14)19-17(22)11-16(12-18(19)23)15-5-7-24(8-6-15)20(26)28-21(2,3)4/h11-12,14-15H,5-10,13,23H2,1-4H3. The van der Waals surface area contributed by atoms with Gasteiger partial charge in [0.05, 0.1) is 24.6 Å². The number of nitrogen functional groups attached to an aromatic ring is 1. The summed E-state index contributed by atoms with van der Waals surface area (Å²) in [5, 5.41) is 0. The number of halogens is 1. The van der Waals surface area contributed by atoms with Gasteiger partial charge < -0.3 is 25.0 Å². The van der Waals surface area contributed by atoms with Crippen molar-refractivity contribution in [3.05, 3.63) is 23.5 Å². The Morgan fingerprint density at radius 1 is 1.25 bits per heavy atom. The second-order valence-corrected chi connectivity index (χ2v) is 8.80. The molecule has 2 fully saturated rings. The summed E-state index contributed by atoms with van der Waals surface area (Å²) in [4.78, 5) is 15.9. The molecular formula is C21H32FN3O3. The van der Waals surface area contributed by atoms with E-state index < -0.39 is 5.60 Å². The molecule has 0 radical (unpaired) electrons. The molecule has 6 nitrogen and oxygen atoms in total. The number of amides is 1. The third kappa shape index (κ3) is 4.69. The van der Waals surface area contributed by atoms with E-state index in [1.807, 2.05) is 38.7 Å². The van der Waals surface area contributed by atoms with Crippen LogP contribution in [0, 0.1) is 5.82 Å². The lowest BCUT2D eigenvalue weighted by molar-refractivity contribution is 0.0204. The highest BCUT2D eigenvalue weighted by molar-refractivity contribution is 5.70. The number of carbonyl (C=O) groups excluding carboxylic acids is 1. The number of nitrogens with zero attached hydrogens (tertiary/aromatic N) is 2. The summed E-state index contributed by atoms with van der Waals surface area (Å²) in [7, 11) is 0. The lowest BCUT2D eigenvalue weighted by Gasteiger charge is -2.37. The van der Waals surface area contributed by atoms with Crippen LogP contribution < -0.4 is 10.6 Å². The third-order valence-electron chi connectivity index (χ3n) is 5.39. The molecule has 7 heteroatoms. The molecular weight excluding hydrogens is 361 g/mol. The molecule has 0 saturated carbocycles. The first kappa shape index (κ1) is 20.7. The molecule has 2 N–H and O–H groups in total. The SMILES string of the molecule is CC1COCCN1c1c(N)cc(C2CCN(C(=O)OC(C)(C)C)CC2)cc1F. The number of hydrogen-bond donors (Lipinski definition) is 1. The molecule has 0 aromatic heterocycles. The average molecular weight is 394 g/mol. The van der Waals surface area contributed by atoms with Crippen LogP contribution in [0.4, 0.5) is 20.6 Å². The topological polar surface area (TPSA) is 68.0 Å². The Hall–Kier alpha value is -2.02. The molecule has 1 atom stereocenters. The van der Waals surface area contributed by atoms with Crippen LogP contribution in [-0.2, 0) is 9.47 Å². The largest absolute Gasteiger partial charge is 0.444 e. The number of anilines is 2. The first-order chi connectivity index (χ1) is 13.2. The van der Waals surface area contributed by atoms with E-state index in [-0.39, 0.29) is 23.9 Å². The van der Waals surface area contributed by atoms with Crippen molar-refractivity contribution in [3.63, 3.8) is 0 Å². The minimum absolute atomic E-state index is 0.0912. The molecule has 1 amide bonds. The lowest BCUT2D eigenvalue weighted by atomic mass is 9.89. The Bertz CT molecular complexity index is 688. The number of ether oxygens (including phenoxy) is 2. The third-order valence-corrected chi connectivity index (χ3v) is 5.39. The Labute approximate surface area is 166 Å². The van der Waals surface area contributed by atoms with Gasteiger partial charge in [-0.05, 0) is 64.2 Å². The summed E-state index contributed by atoms with van der Waals surface area (Å²) in [6.45, 7) is 10.6. The second kappa shape index (κ2) is 8.15. The normalized spacial score (nSPS) is 21.7. The molecule has 0 bridgehead atoms. The van der Waals surface area contributed by atoms with Crippen LogP contribution in [0.1, 0.15) is 52.0 Å². The van der Waals surface area contributed by atoms with Gasteiger partial charge in [-0.1, -0.05) is 0 Å². The van der Waals surface area contributed by atoms with Crippen LogP contribution in [0.3, 0.4) is 0 Å². The van der Waals surface area contributed by atoms with Gasteiger partial charge in [0.25, 0.3) is 0 Å². The maximum atomic E-state index is 15.0. The zero-order valence-corrected chi connectivity index (χ0v) is 17.3. The molecule has 156 valence electrons. The molecule has 28 heavy (non-hydrogen) atoms. The average Bonchev–Trinajstić information content (AvgIpc) is 2.61. The maximum Gasteiger partial charge on any atom is 0.410 e. The van der Waals surface area contributed by atoms with Crippen LogP contribution in [0.25, 0.3) is 0 Å². The molecule has 2 heterocycles. The molecule has 1 aromatic carbocycles. The summed E-state index contributed by atoms with van der Waals surface area (Å²) in [6, 6.07) is 3.60. The predicted octanol–water partition coefficient (Wildman–Crippen LogP) is 3.75. The first-order valence-electron chi connectivity index (χ1n) is 10.1. The Morgan fingerprint density at radius 2 is 1.93 bits per heavy atom. The van der Waals surface area contributed by atoms with E-state index in [0.717, 1.165) is 18.4 Å². The summed E-state index contributed by atoms with van der Waals surface area (Å²) in [6.07, 6.45) is 1.25. The van der Waals surface area contributed by atoms with Gasteiger partial charge in [0.15, 0.2) is 0 Å². The number of rotatable bonds is 2. The van der Waals surface area contributed by atoms with Crippen LogP contribution in [0.5, 0.6) is 0 Å². The van der Waals surface area contributed by atoms with Gasteiger partial charge in [0.2, 0.25) is 0 Å². The Balaban J connectivity index is 1.68. The van der Waals surface area contributed by atoms with Crippen molar-refractivity contribution in [2.45, 2.75) is 58.1 Å². The van der Waals surface area contributed by atoms with Crippen molar-refractivity contribution in [2.75, 3.05) is 43.5 Å². The van der Waals surface area contributed by atoms with E-state index in [9.17, 15) is 9.18 Å². The van der Waals surface area contributed by atoms with E-state index >= 15 is 0 Å². The van der Waals surface area contributed by atoms with Crippen LogP contribution in [0.2, 0.25) is 0 Å². The highest BCUT2D eigenvalue weighted by atomic mass is 19.1. The van der Waals surface area contributed by atoms with Crippen LogP contribution >= 0.6 is 0 Å². The fourth-order valence-electron chi connectivity index (χ4n) is 3.96. The number of piperidine rings is 1. The van der Waals surface area contributed by atoms with E-state index in [1.165, 1.54) is 0 Å². The van der Waals surface area contributed by atoms with Crippen molar-refractivity contribution in [2.24, 2.45) is 0 Å². The number of morpholine rings is 1. The molecule has 2 aliphatic heterocycles. The number of nitrogens with two attached hydrogens (primary N) is 1. The second-order valence-electron chi connectivity index (χ2n) is 8.80. The van der Waals surface area contributed by atoms with Crippen molar-refractivity contribution in [1.82, 2.24) is 4.90 Å². The molecule has 0 spiro atoms. The van der Waals surface area contributed by atoms with E-state index in [0.29, 0.717) is 44.2 Å². The molecule has 2 saturated heterocycles. The predicted molar refractivity (Wildman–Crippen MR) is 108 cm³/mol. The molecule has 0 aliphatic carbocycles. The Kier molecular flexibility index (Phi) is 6.03. The maximum absolute atomic E-state index is 15.0. The minimum atomic E-state index is -0.502. The van der Waals surface area contributed by atoms with Crippen molar-refractivity contribution < 1.29 is 18.7 Å². The van der Waals surface area contributed by atoms with Gasteiger partial charge in [0, 0.05) is 25.7 Å². The first-order valence-corrected chi connectivity index (χ1v) is 10.1. The Morgan fingerprint density at radius 3 is 2.50 bits per heavy atom. The van der Waals surface area contributed by atoms with Gasteiger partial charge in [-0.2, -0.15) is 0 Å². The van der Waals surface area contributed by atoms with Crippen LogP contribution in [0.15, 0.2) is 12.1 Å². The highest BCUT2D eigenvalue weighted by Gasteiger charge is 2.29. The monoisotopic (exact) mass is 393 g/mol. The van der Waals surface area contributed by atoms with Gasteiger partial charge >= 0.3 is 6.09 Å². The molecule has 3 rings (SSSR count). The van der Waals surface area contributed by atoms with Crippen LogP contribution in [-0.4, -0.2) is 55.5 Å². The fraction of sp³-hybridized carbons (Fsp3) is 0.667. The van der Waals surface area contributed by atoms with Crippen molar-refractivity contribution in [1.29, 1.82) is 0 Å². The fourth-order valence-corrected chi connectivity index (χ4v) is 3.96.